The second-order valence-electron chi connectivity index (χ2n) is 15.2. The lowest BCUT2D eigenvalue weighted by Crippen LogP contribution is -2.10. The quantitative estimate of drug-likeness (QED) is 0.168. The Morgan fingerprint density at radius 3 is 1.73 bits per heavy atom. The van der Waals surface area contributed by atoms with E-state index in [9.17, 15) is 0 Å². The normalized spacial score (nSPS) is 11.8. The smallest absolute Gasteiger partial charge is 0.159 e. The van der Waals surface area contributed by atoms with E-state index in [1.165, 1.54) is 5.56 Å². The van der Waals surface area contributed by atoms with Gasteiger partial charge in [-0.05, 0) is 107 Å². The van der Waals surface area contributed by atoms with Gasteiger partial charge in [0.05, 0.1) is 16.7 Å². The van der Waals surface area contributed by atoms with Gasteiger partial charge in [0, 0.05) is 65.5 Å². The lowest BCUT2D eigenvalue weighted by molar-refractivity contribution is 0.666. The van der Waals surface area contributed by atoms with E-state index in [1.54, 1.807) is 6.07 Å². The Balaban J connectivity index is 1.11. The fraction of sp³-hybridized carbons (Fsp3) is 0. The van der Waals surface area contributed by atoms with E-state index in [-0.39, 0.29) is 0 Å². The molecule has 3 aromatic heterocycles. The third-order valence-corrected chi connectivity index (χ3v) is 12.1. The molecule has 0 aliphatic carbocycles. The van der Waals surface area contributed by atoms with E-state index in [4.69, 9.17) is 32.0 Å². The minimum Gasteiger partial charge on any atom is -0.456 e. The van der Waals surface area contributed by atoms with E-state index in [0.29, 0.717) is 10.0 Å². The molecule has 284 valence electrons. The number of halogens is 2. The lowest BCUT2D eigenvalue weighted by atomic mass is 10.0. The SMILES string of the molecule is Clc1cc(Cl)cc(-c2ccc3c(c2)c2ccc(N(c4ccc(-c5ccccc5)cc4)c4ccc5c(c4)oc4ccccc45)cc2n3-c2cccc3c2oc2ccccc23)c1. The van der Waals surface area contributed by atoms with Crippen molar-refractivity contribution < 1.29 is 8.83 Å². The number of hydrogen-bond donors (Lipinski definition) is 0. The maximum absolute atomic E-state index is 6.68. The molecule has 0 saturated heterocycles. The van der Waals surface area contributed by atoms with E-state index in [0.717, 1.165) is 105 Å². The molecule has 12 aromatic rings. The average molecular weight is 812 g/mol. The predicted molar refractivity (Wildman–Crippen MR) is 251 cm³/mol. The molecule has 0 bridgehead atoms. The van der Waals surface area contributed by atoms with Crippen LogP contribution in [0.15, 0.2) is 203 Å². The van der Waals surface area contributed by atoms with Crippen molar-refractivity contribution in [2.45, 2.75) is 0 Å². The van der Waals surface area contributed by atoms with Gasteiger partial charge in [0.1, 0.15) is 16.7 Å². The number of para-hydroxylation sites is 3. The van der Waals surface area contributed by atoms with Crippen molar-refractivity contribution in [3.8, 4) is 27.9 Å². The first-order valence-corrected chi connectivity index (χ1v) is 20.6. The molecular formula is C54H32Cl2N2O2. The highest BCUT2D eigenvalue weighted by molar-refractivity contribution is 6.35. The van der Waals surface area contributed by atoms with Crippen LogP contribution in [0.4, 0.5) is 17.1 Å². The summed E-state index contributed by atoms with van der Waals surface area (Å²) in [6, 6.07) is 67.6. The van der Waals surface area contributed by atoms with Crippen molar-refractivity contribution in [1.82, 2.24) is 4.57 Å². The highest BCUT2D eigenvalue weighted by Gasteiger charge is 2.22. The molecule has 4 nitrogen and oxygen atoms in total. The number of hydrogen-bond acceptors (Lipinski definition) is 3. The Labute approximate surface area is 354 Å². The topological polar surface area (TPSA) is 34.5 Å². The van der Waals surface area contributed by atoms with Crippen molar-refractivity contribution in [2.75, 3.05) is 4.90 Å². The zero-order chi connectivity index (χ0) is 39.9. The number of fused-ring (bicyclic) bond motifs is 9. The number of nitrogens with zero attached hydrogens (tertiary/aromatic N) is 2. The number of aromatic nitrogens is 1. The van der Waals surface area contributed by atoms with Crippen LogP contribution in [-0.4, -0.2) is 4.57 Å². The highest BCUT2D eigenvalue weighted by Crippen LogP contribution is 2.44. The van der Waals surface area contributed by atoms with Crippen LogP contribution < -0.4 is 4.90 Å². The summed E-state index contributed by atoms with van der Waals surface area (Å²) in [6.07, 6.45) is 0. The van der Waals surface area contributed by atoms with Crippen LogP contribution in [0, 0.1) is 0 Å². The summed E-state index contributed by atoms with van der Waals surface area (Å²) in [5, 5.41) is 7.73. The van der Waals surface area contributed by atoms with E-state index < -0.39 is 0 Å². The maximum atomic E-state index is 6.68. The molecule has 0 saturated carbocycles. The second kappa shape index (κ2) is 13.7. The van der Waals surface area contributed by atoms with Crippen molar-refractivity contribution in [3.05, 3.63) is 204 Å². The summed E-state index contributed by atoms with van der Waals surface area (Å²) >= 11 is 13.0. The van der Waals surface area contributed by atoms with Gasteiger partial charge in [0.15, 0.2) is 5.58 Å². The van der Waals surface area contributed by atoms with Crippen LogP contribution in [0.1, 0.15) is 0 Å². The number of rotatable bonds is 6. The Kier molecular flexibility index (Phi) is 7.92. The molecule has 0 fully saturated rings. The predicted octanol–water partition coefficient (Wildman–Crippen LogP) is 16.7. The molecular weight excluding hydrogens is 780 g/mol. The monoisotopic (exact) mass is 810 g/mol. The molecule has 0 N–H and O–H groups in total. The maximum Gasteiger partial charge on any atom is 0.159 e. The standard InChI is InChI=1S/C54H32Cl2N2O2/c55-37-27-36(28-38(56)30-37)35-19-26-48-47(29-35)42-24-22-40(31-50(42)58(48)49-14-8-13-46-44-12-5-7-16-52(44)60-54(46)49)57(39-20-17-34(18-21-39)33-9-2-1-3-10-33)41-23-25-45-43-11-4-6-15-51(43)59-53(45)32-41/h1-32H. The first kappa shape index (κ1) is 34.8. The second-order valence-corrected chi connectivity index (χ2v) is 16.1. The van der Waals surface area contributed by atoms with Gasteiger partial charge in [-0.3, -0.25) is 0 Å². The van der Waals surface area contributed by atoms with Gasteiger partial charge in [0.2, 0.25) is 0 Å². The molecule has 0 atom stereocenters. The van der Waals surface area contributed by atoms with Gasteiger partial charge in [-0.15, -0.1) is 0 Å². The van der Waals surface area contributed by atoms with Crippen molar-refractivity contribution in [1.29, 1.82) is 0 Å². The Hall–Kier alpha value is -7.24. The van der Waals surface area contributed by atoms with E-state index in [2.05, 4.69) is 155 Å². The molecule has 0 unspecified atom stereocenters. The summed E-state index contributed by atoms with van der Waals surface area (Å²) in [5.74, 6) is 0. The van der Waals surface area contributed by atoms with Crippen molar-refractivity contribution >= 4 is 106 Å². The van der Waals surface area contributed by atoms with Crippen LogP contribution in [-0.2, 0) is 0 Å². The lowest BCUT2D eigenvalue weighted by Gasteiger charge is -2.26. The summed E-state index contributed by atoms with van der Waals surface area (Å²) in [5.41, 5.74) is 13.7. The highest BCUT2D eigenvalue weighted by atomic mass is 35.5. The van der Waals surface area contributed by atoms with Crippen LogP contribution >= 0.6 is 23.2 Å². The number of benzene rings is 9. The summed E-state index contributed by atoms with van der Waals surface area (Å²) in [4.78, 5) is 2.31. The summed E-state index contributed by atoms with van der Waals surface area (Å²) < 4.78 is 15.5. The summed E-state index contributed by atoms with van der Waals surface area (Å²) in [6.45, 7) is 0. The average Bonchev–Trinajstić information content (AvgIpc) is 3.96. The Morgan fingerprint density at radius 1 is 0.350 bits per heavy atom. The molecule has 0 amide bonds. The fourth-order valence-corrected chi connectivity index (χ4v) is 9.48. The third kappa shape index (κ3) is 5.60. The first-order chi connectivity index (χ1) is 29.5. The summed E-state index contributed by atoms with van der Waals surface area (Å²) in [7, 11) is 0. The molecule has 9 aromatic carbocycles. The molecule has 3 heterocycles. The first-order valence-electron chi connectivity index (χ1n) is 19.9. The van der Waals surface area contributed by atoms with Gasteiger partial charge in [0.25, 0.3) is 0 Å². The fourth-order valence-electron chi connectivity index (χ4n) is 8.95. The van der Waals surface area contributed by atoms with Crippen LogP contribution in [0.3, 0.4) is 0 Å². The van der Waals surface area contributed by atoms with Crippen LogP contribution in [0.2, 0.25) is 10.0 Å². The Bertz CT molecular complexity index is 3620. The minimum atomic E-state index is 0.596. The van der Waals surface area contributed by atoms with Gasteiger partial charge in [-0.1, -0.05) is 126 Å². The molecule has 0 aliphatic heterocycles. The number of anilines is 3. The molecule has 0 aliphatic rings. The Morgan fingerprint density at radius 2 is 0.950 bits per heavy atom. The van der Waals surface area contributed by atoms with Crippen molar-refractivity contribution in [3.63, 3.8) is 0 Å². The van der Waals surface area contributed by atoms with Crippen molar-refractivity contribution in [2.24, 2.45) is 0 Å². The van der Waals surface area contributed by atoms with Crippen LogP contribution in [0.25, 0.3) is 93.6 Å². The van der Waals surface area contributed by atoms with Gasteiger partial charge < -0.3 is 18.3 Å². The molecule has 60 heavy (non-hydrogen) atoms. The van der Waals surface area contributed by atoms with E-state index in [1.807, 2.05) is 42.5 Å². The number of furan rings is 2. The molecule has 0 spiro atoms. The third-order valence-electron chi connectivity index (χ3n) is 11.7. The van der Waals surface area contributed by atoms with Crippen LogP contribution in [0.5, 0.6) is 0 Å². The van der Waals surface area contributed by atoms with E-state index >= 15 is 0 Å². The zero-order valence-corrected chi connectivity index (χ0v) is 33.5. The minimum absolute atomic E-state index is 0.596. The molecule has 12 rings (SSSR count). The molecule has 6 heteroatoms. The largest absolute Gasteiger partial charge is 0.456 e. The molecule has 0 radical (unpaired) electrons. The van der Waals surface area contributed by atoms with Gasteiger partial charge in [-0.25, -0.2) is 0 Å². The van der Waals surface area contributed by atoms with Gasteiger partial charge in [-0.2, -0.15) is 0 Å². The van der Waals surface area contributed by atoms with Gasteiger partial charge >= 0.3 is 0 Å². The zero-order valence-electron chi connectivity index (χ0n) is 31.9.